The Morgan fingerprint density at radius 1 is 1.00 bits per heavy atom. The van der Waals surface area contributed by atoms with Crippen LogP contribution in [0.25, 0.3) is 0 Å². The van der Waals surface area contributed by atoms with Gasteiger partial charge in [-0.1, -0.05) is 29.3 Å². The lowest BCUT2D eigenvalue weighted by Gasteiger charge is -2.21. The molecule has 1 heterocycles. The summed E-state index contributed by atoms with van der Waals surface area (Å²) in [4.78, 5) is 0.0180. The minimum atomic E-state index is -3.76. The molecule has 3 rings (SSSR count). The van der Waals surface area contributed by atoms with E-state index in [1.165, 1.54) is 18.2 Å². The van der Waals surface area contributed by atoms with Gasteiger partial charge in [0.05, 0.1) is 4.90 Å². The van der Waals surface area contributed by atoms with Crippen LogP contribution in [0, 0.1) is 0 Å². The second-order valence-electron chi connectivity index (χ2n) is 5.35. The molecule has 8 heteroatoms. The molecule has 24 heavy (non-hydrogen) atoms. The Labute approximate surface area is 150 Å². The highest BCUT2D eigenvalue weighted by molar-refractivity contribution is 7.89. The number of benzene rings is 2. The van der Waals surface area contributed by atoms with E-state index in [2.05, 4.69) is 4.72 Å². The number of nitrogens with one attached hydrogen (secondary N) is 1. The molecular formula is C16H15Cl2NO4S. The number of hydrogen-bond acceptors (Lipinski definition) is 4. The Morgan fingerprint density at radius 2 is 1.62 bits per heavy atom. The van der Waals surface area contributed by atoms with E-state index >= 15 is 0 Å². The van der Waals surface area contributed by atoms with Gasteiger partial charge >= 0.3 is 0 Å². The van der Waals surface area contributed by atoms with Crippen LogP contribution >= 0.6 is 23.2 Å². The number of halogens is 2. The fourth-order valence-electron chi connectivity index (χ4n) is 2.38. The SMILES string of the molecule is CC(NS(=O)(=O)c1cc(Cl)cc(Cl)c1)c1ccc2c(c1)OCCO2. The molecule has 0 radical (unpaired) electrons. The second kappa shape index (κ2) is 6.80. The summed E-state index contributed by atoms with van der Waals surface area (Å²) >= 11 is 11.8. The topological polar surface area (TPSA) is 64.6 Å². The van der Waals surface area contributed by atoms with Crippen LogP contribution in [-0.4, -0.2) is 21.6 Å². The van der Waals surface area contributed by atoms with E-state index in [-0.39, 0.29) is 14.9 Å². The first-order valence-electron chi connectivity index (χ1n) is 7.23. The average molecular weight is 388 g/mol. The van der Waals surface area contributed by atoms with Gasteiger partial charge in [0.1, 0.15) is 13.2 Å². The molecule has 2 aromatic carbocycles. The molecule has 0 aliphatic carbocycles. The largest absolute Gasteiger partial charge is 0.486 e. The zero-order valence-corrected chi connectivity index (χ0v) is 15.1. The van der Waals surface area contributed by atoms with E-state index in [4.69, 9.17) is 32.7 Å². The van der Waals surface area contributed by atoms with E-state index in [9.17, 15) is 8.42 Å². The minimum Gasteiger partial charge on any atom is -0.486 e. The minimum absolute atomic E-state index is 0.0180. The molecule has 1 atom stereocenters. The highest BCUT2D eigenvalue weighted by atomic mass is 35.5. The van der Waals surface area contributed by atoms with Gasteiger partial charge in [0.15, 0.2) is 11.5 Å². The zero-order valence-electron chi connectivity index (χ0n) is 12.8. The summed E-state index contributed by atoms with van der Waals surface area (Å²) in [6.45, 7) is 2.72. The maximum absolute atomic E-state index is 12.5. The normalized spacial score (nSPS) is 15.1. The number of ether oxygens (including phenoxy) is 2. The van der Waals surface area contributed by atoms with Crippen molar-refractivity contribution in [3.8, 4) is 11.5 Å². The van der Waals surface area contributed by atoms with Crippen molar-refractivity contribution in [2.75, 3.05) is 13.2 Å². The first-order chi connectivity index (χ1) is 11.3. The Morgan fingerprint density at radius 3 is 2.29 bits per heavy atom. The van der Waals surface area contributed by atoms with Gasteiger partial charge in [0.2, 0.25) is 10.0 Å². The third kappa shape index (κ3) is 3.78. The van der Waals surface area contributed by atoms with Crippen LogP contribution in [0.15, 0.2) is 41.3 Å². The van der Waals surface area contributed by atoms with Crippen LogP contribution in [0.4, 0.5) is 0 Å². The molecule has 2 aromatic rings. The molecule has 1 aliphatic rings. The third-order valence-electron chi connectivity index (χ3n) is 3.54. The standard InChI is InChI=1S/C16H15Cl2NO4S/c1-10(11-2-3-15-16(6-11)23-5-4-22-15)19-24(20,21)14-8-12(17)7-13(18)9-14/h2-3,6-10,19H,4-5H2,1H3. The molecule has 5 nitrogen and oxygen atoms in total. The van der Waals surface area contributed by atoms with Crippen molar-refractivity contribution >= 4 is 33.2 Å². The van der Waals surface area contributed by atoms with Gasteiger partial charge in [-0.25, -0.2) is 13.1 Å². The monoisotopic (exact) mass is 387 g/mol. The van der Waals surface area contributed by atoms with Crippen LogP contribution in [0.2, 0.25) is 10.0 Å². The quantitative estimate of drug-likeness (QED) is 0.865. The molecule has 0 bridgehead atoms. The Bertz CT molecular complexity index is 850. The van der Waals surface area contributed by atoms with E-state index in [1.54, 1.807) is 25.1 Å². The average Bonchev–Trinajstić information content (AvgIpc) is 2.53. The molecule has 1 aliphatic heterocycles. The Kier molecular flexibility index (Phi) is 4.92. The lowest BCUT2D eigenvalue weighted by molar-refractivity contribution is 0.171. The lowest BCUT2D eigenvalue weighted by atomic mass is 10.1. The van der Waals surface area contributed by atoms with Crippen LogP contribution < -0.4 is 14.2 Å². The van der Waals surface area contributed by atoms with Crippen molar-refractivity contribution in [1.82, 2.24) is 4.72 Å². The number of sulfonamides is 1. The van der Waals surface area contributed by atoms with E-state index in [0.717, 1.165) is 5.56 Å². The number of fused-ring (bicyclic) bond motifs is 1. The summed E-state index contributed by atoms with van der Waals surface area (Å²) in [5.74, 6) is 1.26. The first-order valence-corrected chi connectivity index (χ1v) is 9.47. The van der Waals surface area contributed by atoms with E-state index < -0.39 is 16.1 Å². The summed E-state index contributed by atoms with van der Waals surface area (Å²) < 4.78 is 38.6. The van der Waals surface area contributed by atoms with Gasteiger partial charge in [-0.15, -0.1) is 0 Å². The zero-order chi connectivity index (χ0) is 17.3. The Balaban J connectivity index is 1.84. The first kappa shape index (κ1) is 17.4. The highest BCUT2D eigenvalue weighted by Gasteiger charge is 2.21. The summed E-state index contributed by atoms with van der Waals surface area (Å²) in [5.41, 5.74) is 0.760. The molecule has 0 aromatic heterocycles. The highest BCUT2D eigenvalue weighted by Crippen LogP contribution is 2.33. The van der Waals surface area contributed by atoms with Crippen LogP contribution in [0.3, 0.4) is 0 Å². The molecule has 128 valence electrons. The summed E-state index contributed by atoms with van der Waals surface area (Å²) in [6, 6.07) is 9.05. The van der Waals surface area contributed by atoms with Gasteiger partial charge in [-0.2, -0.15) is 0 Å². The van der Waals surface area contributed by atoms with Crippen molar-refractivity contribution in [2.24, 2.45) is 0 Å². The smallest absolute Gasteiger partial charge is 0.241 e. The van der Waals surface area contributed by atoms with E-state index in [1.807, 2.05) is 0 Å². The number of rotatable bonds is 4. The third-order valence-corrected chi connectivity index (χ3v) is 5.50. The van der Waals surface area contributed by atoms with Crippen molar-refractivity contribution in [3.63, 3.8) is 0 Å². The fraction of sp³-hybridized carbons (Fsp3) is 0.250. The predicted octanol–water partition coefficient (Wildman–Crippen LogP) is 3.80. The maximum Gasteiger partial charge on any atom is 0.241 e. The lowest BCUT2D eigenvalue weighted by Crippen LogP contribution is -2.27. The van der Waals surface area contributed by atoms with Gasteiger partial charge in [0, 0.05) is 16.1 Å². The molecule has 0 saturated carbocycles. The molecule has 0 fully saturated rings. The molecule has 0 saturated heterocycles. The summed E-state index contributed by atoms with van der Waals surface area (Å²) in [7, 11) is -3.76. The van der Waals surface area contributed by atoms with Gasteiger partial charge < -0.3 is 9.47 Å². The molecule has 1 unspecified atom stereocenters. The van der Waals surface area contributed by atoms with Crippen LogP contribution in [-0.2, 0) is 10.0 Å². The van der Waals surface area contributed by atoms with Crippen molar-refractivity contribution in [1.29, 1.82) is 0 Å². The van der Waals surface area contributed by atoms with Crippen molar-refractivity contribution in [2.45, 2.75) is 17.9 Å². The molecule has 0 spiro atoms. The fourth-order valence-corrected chi connectivity index (χ4v) is 4.34. The molecular weight excluding hydrogens is 373 g/mol. The van der Waals surface area contributed by atoms with Crippen LogP contribution in [0.5, 0.6) is 11.5 Å². The van der Waals surface area contributed by atoms with Crippen molar-refractivity contribution < 1.29 is 17.9 Å². The van der Waals surface area contributed by atoms with Gasteiger partial charge in [0.25, 0.3) is 0 Å². The summed E-state index contributed by atoms with van der Waals surface area (Å²) in [5, 5.41) is 0.518. The summed E-state index contributed by atoms with van der Waals surface area (Å²) in [6.07, 6.45) is 0. The number of hydrogen-bond donors (Lipinski definition) is 1. The van der Waals surface area contributed by atoms with Gasteiger partial charge in [-0.05, 0) is 42.8 Å². The second-order valence-corrected chi connectivity index (χ2v) is 7.94. The maximum atomic E-state index is 12.5. The van der Waals surface area contributed by atoms with Crippen molar-refractivity contribution in [3.05, 3.63) is 52.0 Å². The predicted molar refractivity (Wildman–Crippen MR) is 92.6 cm³/mol. The van der Waals surface area contributed by atoms with E-state index in [0.29, 0.717) is 24.7 Å². The Hall–Kier alpha value is -1.47. The van der Waals surface area contributed by atoms with Gasteiger partial charge in [-0.3, -0.25) is 0 Å². The molecule has 0 amide bonds. The van der Waals surface area contributed by atoms with Crippen LogP contribution in [0.1, 0.15) is 18.5 Å². The molecule has 1 N–H and O–H groups in total.